The first-order valence-corrected chi connectivity index (χ1v) is 8.84. The highest BCUT2D eigenvalue weighted by Crippen LogP contribution is 2.26. The molecule has 0 bridgehead atoms. The Morgan fingerprint density at radius 1 is 1.21 bits per heavy atom. The van der Waals surface area contributed by atoms with Crippen molar-refractivity contribution < 1.29 is 4.79 Å². The van der Waals surface area contributed by atoms with E-state index in [1.165, 1.54) is 0 Å². The molecule has 7 heteroatoms. The van der Waals surface area contributed by atoms with Crippen LogP contribution in [0.25, 0.3) is 11.0 Å². The Balaban J connectivity index is 1.43. The molecule has 0 aliphatic carbocycles. The van der Waals surface area contributed by atoms with Gasteiger partial charge in [0.25, 0.3) is 5.91 Å². The number of carbonyl (C=O) groups excluding carboxylic acids is 1. The van der Waals surface area contributed by atoms with Gasteiger partial charge in [-0.2, -0.15) is 0 Å². The number of thiazole rings is 1. The highest BCUT2D eigenvalue weighted by molar-refractivity contribution is 7.13. The third-order valence-electron chi connectivity index (χ3n) is 4.27. The van der Waals surface area contributed by atoms with Gasteiger partial charge in [0.2, 0.25) is 0 Å². The maximum absolute atomic E-state index is 12.4. The number of nitrogens with zero attached hydrogens (tertiary/aromatic N) is 4. The molecule has 24 heavy (non-hydrogen) atoms. The summed E-state index contributed by atoms with van der Waals surface area (Å²) < 4.78 is 0. The van der Waals surface area contributed by atoms with Crippen molar-refractivity contribution in [3.05, 3.63) is 47.7 Å². The van der Waals surface area contributed by atoms with E-state index in [1.807, 2.05) is 17.6 Å². The first-order valence-electron chi connectivity index (χ1n) is 7.96. The molecule has 1 amide bonds. The molecule has 6 nitrogen and oxygen atoms in total. The summed E-state index contributed by atoms with van der Waals surface area (Å²) in [5, 5.41) is 6.07. The normalized spacial score (nSPS) is 17.3. The molecule has 1 atom stereocenters. The van der Waals surface area contributed by atoms with E-state index in [0.29, 0.717) is 18.2 Å². The quantitative estimate of drug-likeness (QED) is 0.791. The van der Waals surface area contributed by atoms with E-state index >= 15 is 0 Å². The minimum Gasteiger partial charge on any atom is -0.350 e. The molecule has 122 valence electrons. The molecule has 1 aliphatic rings. The molecule has 0 saturated carbocycles. The van der Waals surface area contributed by atoms with Crippen LogP contribution in [0.15, 0.2) is 42.2 Å². The van der Waals surface area contributed by atoms with Gasteiger partial charge in [-0.3, -0.25) is 14.8 Å². The van der Waals surface area contributed by atoms with Crippen molar-refractivity contribution in [3.63, 3.8) is 0 Å². The zero-order valence-corrected chi connectivity index (χ0v) is 13.9. The van der Waals surface area contributed by atoms with Crippen LogP contribution in [-0.4, -0.2) is 40.0 Å². The van der Waals surface area contributed by atoms with Gasteiger partial charge in [-0.25, -0.2) is 4.98 Å². The monoisotopic (exact) mass is 339 g/mol. The number of aromatic nitrogens is 3. The molecule has 1 aliphatic heterocycles. The number of amides is 1. The lowest BCUT2D eigenvalue weighted by atomic mass is 10.1. The van der Waals surface area contributed by atoms with Crippen molar-refractivity contribution in [2.75, 3.05) is 18.0 Å². The zero-order chi connectivity index (χ0) is 16.4. The lowest BCUT2D eigenvalue weighted by Crippen LogP contribution is -2.40. The van der Waals surface area contributed by atoms with Crippen LogP contribution in [0.5, 0.6) is 0 Å². The molecular weight excluding hydrogens is 322 g/mol. The number of carbonyl (C=O) groups is 1. The summed E-state index contributed by atoms with van der Waals surface area (Å²) in [6, 6.07) is 5.71. The van der Waals surface area contributed by atoms with Crippen molar-refractivity contribution in [2.24, 2.45) is 0 Å². The number of benzene rings is 1. The fourth-order valence-corrected chi connectivity index (χ4v) is 3.82. The highest BCUT2D eigenvalue weighted by atomic mass is 32.1. The Hall–Kier alpha value is -2.54. The lowest BCUT2D eigenvalue weighted by Gasteiger charge is -2.24. The van der Waals surface area contributed by atoms with Gasteiger partial charge in [0.1, 0.15) is 0 Å². The topological polar surface area (TPSA) is 71.0 Å². The Morgan fingerprint density at radius 2 is 2.08 bits per heavy atom. The third-order valence-corrected chi connectivity index (χ3v) is 5.08. The maximum Gasteiger partial charge on any atom is 0.251 e. The van der Waals surface area contributed by atoms with Gasteiger partial charge in [-0.05, 0) is 31.0 Å². The molecule has 1 unspecified atom stereocenters. The van der Waals surface area contributed by atoms with Crippen molar-refractivity contribution in [2.45, 2.75) is 18.9 Å². The van der Waals surface area contributed by atoms with Crippen LogP contribution in [-0.2, 0) is 0 Å². The summed E-state index contributed by atoms with van der Waals surface area (Å²) >= 11 is 1.64. The largest absolute Gasteiger partial charge is 0.350 e. The van der Waals surface area contributed by atoms with Gasteiger partial charge >= 0.3 is 0 Å². The van der Waals surface area contributed by atoms with E-state index in [9.17, 15) is 4.79 Å². The van der Waals surface area contributed by atoms with Crippen LogP contribution in [0.3, 0.4) is 0 Å². The zero-order valence-electron chi connectivity index (χ0n) is 13.1. The SMILES string of the molecule is O=C(NCC1CCCN1c1nccs1)c1ccc2nccnc2c1. The van der Waals surface area contributed by atoms with Gasteiger partial charge in [-0.15, -0.1) is 11.3 Å². The maximum atomic E-state index is 12.4. The van der Waals surface area contributed by atoms with Crippen LogP contribution in [0, 0.1) is 0 Å². The lowest BCUT2D eigenvalue weighted by molar-refractivity contribution is 0.0951. The second kappa shape index (κ2) is 6.52. The van der Waals surface area contributed by atoms with E-state index in [1.54, 1.807) is 35.9 Å². The standard InChI is InChI=1S/C17H17N5OS/c23-16(12-3-4-14-15(10-12)19-6-5-18-14)21-11-13-2-1-8-22(13)17-20-7-9-24-17/h3-7,9-10,13H,1-2,8,11H2,(H,21,23). The van der Waals surface area contributed by atoms with Gasteiger partial charge in [0.05, 0.1) is 11.0 Å². The van der Waals surface area contributed by atoms with E-state index in [0.717, 1.165) is 35.6 Å². The van der Waals surface area contributed by atoms with Crippen molar-refractivity contribution in [1.29, 1.82) is 0 Å². The highest BCUT2D eigenvalue weighted by Gasteiger charge is 2.26. The molecule has 3 heterocycles. The molecule has 1 fully saturated rings. The van der Waals surface area contributed by atoms with E-state index < -0.39 is 0 Å². The van der Waals surface area contributed by atoms with Gasteiger partial charge in [-0.1, -0.05) is 0 Å². The number of rotatable bonds is 4. The summed E-state index contributed by atoms with van der Waals surface area (Å²) in [6.07, 6.45) is 7.31. The minimum absolute atomic E-state index is 0.0754. The third kappa shape index (κ3) is 2.94. The molecule has 0 spiro atoms. The molecular formula is C17H17N5OS. The number of hydrogen-bond acceptors (Lipinski definition) is 6. The van der Waals surface area contributed by atoms with Crippen LogP contribution in [0.2, 0.25) is 0 Å². The molecule has 1 N–H and O–H groups in total. The summed E-state index contributed by atoms with van der Waals surface area (Å²) in [6.45, 7) is 1.62. The second-order valence-electron chi connectivity index (χ2n) is 5.77. The Kier molecular flexibility index (Phi) is 4.08. The Labute approximate surface area is 143 Å². The van der Waals surface area contributed by atoms with E-state index in [2.05, 4.69) is 25.2 Å². The average Bonchev–Trinajstić information content (AvgIpc) is 3.30. The predicted molar refractivity (Wildman–Crippen MR) is 94.4 cm³/mol. The van der Waals surface area contributed by atoms with Gasteiger partial charge < -0.3 is 10.2 Å². The van der Waals surface area contributed by atoms with Gasteiger partial charge in [0, 0.05) is 48.7 Å². The predicted octanol–water partition coefficient (Wildman–Crippen LogP) is 2.49. The van der Waals surface area contributed by atoms with Crippen molar-refractivity contribution in [1.82, 2.24) is 20.3 Å². The van der Waals surface area contributed by atoms with Crippen molar-refractivity contribution in [3.8, 4) is 0 Å². The second-order valence-corrected chi connectivity index (χ2v) is 6.65. The average molecular weight is 339 g/mol. The number of fused-ring (bicyclic) bond motifs is 1. The molecule has 3 aromatic rings. The van der Waals surface area contributed by atoms with Crippen LogP contribution in [0.4, 0.5) is 5.13 Å². The van der Waals surface area contributed by atoms with Crippen LogP contribution >= 0.6 is 11.3 Å². The number of nitrogens with one attached hydrogen (secondary N) is 1. The summed E-state index contributed by atoms with van der Waals surface area (Å²) in [7, 11) is 0. The van der Waals surface area contributed by atoms with E-state index in [-0.39, 0.29) is 5.91 Å². The first kappa shape index (κ1) is 15.0. The number of hydrogen-bond donors (Lipinski definition) is 1. The van der Waals surface area contributed by atoms with Crippen LogP contribution < -0.4 is 10.2 Å². The molecule has 4 rings (SSSR count). The molecule has 0 radical (unpaired) electrons. The van der Waals surface area contributed by atoms with Gasteiger partial charge in [0.15, 0.2) is 5.13 Å². The van der Waals surface area contributed by atoms with Crippen LogP contribution in [0.1, 0.15) is 23.2 Å². The summed E-state index contributed by atoms with van der Waals surface area (Å²) in [5.74, 6) is -0.0754. The fourth-order valence-electron chi connectivity index (χ4n) is 3.07. The summed E-state index contributed by atoms with van der Waals surface area (Å²) in [5.41, 5.74) is 2.14. The molecule has 2 aromatic heterocycles. The Bertz CT molecular complexity index is 851. The first-order chi connectivity index (χ1) is 11.8. The summed E-state index contributed by atoms with van der Waals surface area (Å²) in [4.78, 5) is 27.6. The number of anilines is 1. The fraction of sp³-hybridized carbons (Fsp3) is 0.294. The minimum atomic E-state index is -0.0754. The molecule has 1 aromatic carbocycles. The van der Waals surface area contributed by atoms with E-state index in [4.69, 9.17) is 0 Å². The molecule has 1 saturated heterocycles. The smallest absolute Gasteiger partial charge is 0.251 e. The van der Waals surface area contributed by atoms with Crippen molar-refractivity contribution >= 4 is 33.4 Å². The Morgan fingerprint density at radius 3 is 2.92 bits per heavy atom.